The molecule has 0 saturated heterocycles. The monoisotopic (exact) mass is 254 g/mol. The van der Waals surface area contributed by atoms with Gasteiger partial charge in [-0.1, -0.05) is 13.8 Å². The van der Waals surface area contributed by atoms with Crippen molar-refractivity contribution in [3.8, 4) is 0 Å². The van der Waals surface area contributed by atoms with Gasteiger partial charge >= 0.3 is 5.97 Å². The van der Waals surface area contributed by atoms with Crippen LogP contribution in [0, 0.1) is 0 Å². The summed E-state index contributed by atoms with van der Waals surface area (Å²) in [7, 11) is 0. The van der Waals surface area contributed by atoms with Crippen molar-refractivity contribution in [2.45, 2.75) is 45.2 Å². The standard InChI is InChI=1S/C12H18N2O2S/c1-8(2)12-13-9(7-17-12)5-14(6-11(15)16)10-3-4-10/h7-8,10H,3-6H2,1-2H3,(H,15,16). The lowest BCUT2D eigenvalue weighted by atomic mass is 10.2. The summed E-state index contributed by atoms with van der Waals surface area (Å²) in [6, 6.07) is 0.454. The Bertz CT molecular complexity index is 399. The van der Waals surface area contributed by atoms with Crippen LogP contribution in [0.4, 0.5) is 0 Å². The van der Waals surface area contributed by atoms with Crippen molar-refractivity contribution in [2.75, 3.05) is 6.54 Å². The van der Waals surface area contributed by atoms with Crippen molar-refractivity contribution in [3.05, 3.63) is 16.1 Å². The summed E-state index contributed by atoms with van der Waals surface area (Å²) in [4.78, 5) is 17.4. The fourth-order valence-electron chi connectivity index (χ4n) is 1.80. The highest BCUT2D eigenvalue weighted by molar-refractivity contribution is 7.09. The maximum atomic E-state index is 10.8. The summed E-state index contributed by atoms with van der Waals surface area (Å²) in [5.41, 5.74) is 1.01. The molecule has 1 saturated carbocycles. The lowest BCUT2D eigenvalue weighted by molar-refractivity contribution is -0.138. The van der Waals surface area contributed by atoms with Gasteiger partial charge in [0.25, 0.3) is 0 Å². The van der Waals surface area contributed by atoms with E-state index < -0.39 is 5.97 Å². The van der Waals surface area contributed by atoms with Crippen LogP contribution in [0.25, 0.3) is 0 Å². The zero-order valence-electron chi connectivity index (χ0n) is 10.2. The number of carboxylic acids is 1. The Hall–Kier alpha value is -0.940. The Morgan fingerprint density at radius 2 is 2.35 bits per heavy atom. The normalized spacial score (nSPS) is 15.8. The third-order valence-electron chi connectivity index (χ3n) is 2.83. The van der Waals surface area contributed by atoms with E-state index in [1.807, 2.05) is 10.3 Å². The van der Waals surface area contributed by atoms with Gasteiger partial charge < -0.3 is 5.11 Å². The van der Waals surface area contributed by atoms with Crippen LogP contribution in [-0.2, 0) is 11.3 Å². The fraction of sp³-hybridized carbons (Fsp3) is 0.667. The highest BCUT2D eigenvalue weighted by Gasteiger charge is 2.30. The van der Waals surface area contributed by atoms with Gasteiger partial charge in [0.1, 0.15) is 0 Å². The largest absolute Gasteiger partial charge is 0.480 e. The molecule has 1 aliphatic carbocycles. The molecule has 4 nitrogen and oxygen atoms in total. The summed E-state index contributed by atoms with van der Waals surface area (Å²) >= 11 is 1.67. The van der Waals surface area contributed by atoms with Gasteiger partial charge in [-0.15, -0.1) is 11.3 Å². The zero-order valence-corrected chi connectivity index (χ0v) is 11.0. The van der Waals surface area contributed by atoms with Crippen molar-refractivity contribution in [3.63, 3.8) is 0 Å². The third kappa shape index (κ3) is 3.51. The number of nitrogens with zero attached hydrogens (tertiary/aromatic N) is 2. The topological polar surface area (TPSA) is 53.4 Å². The predicted molar refractivity (Wildman–Crippen MR) is 67.3 cm³/mol. The second-order valence-electron chi connectivity index (χ2n) is 4.86. The first-order chi connectivity index (χ1) is 8.06. The number of carboxylic acid groups (broad SMARTS) is 1. The number of rotatable bonds is 6. The average molecular weight is 254 g/mol. The molecule has 0 unspecified atom stereocenters. The fourth-order valence-corrected chi connectivity index (χ4v) is 2.62. The maximum Gasteiger partial charge on any atom is 0.317 e. The minimum atomic E-state index is -0.754. The zero-order chi connectivity index (χ0) is 12.4. The molecular formula is C12H18N2O2S. The van der Waals surface area contributed by atoms with E-state index in [0.29, 0.717) is 18.5 Å². The van der Waals surface area contributed by atoms with Crippen LogP contribution < -0.4 is 0 Å². The second kappa shape index (κ2) is 5.14. The number of aromatic nitrogens is 1. The quantitative estimate of drug-likeness (QED) is 0.846. The van der Waals surface area contributed by atoms with Crippen molar-refractivity contribution in [1.82, 2.24) is 9.88 Å². The van der Waals surface area contributed by atoms with Crippen molar-refractivity contribution >= 4 is 17.3 Å². The van der Waals surface area contributed by atoms with Crippen LogP contribution in [-0.4, -0.2) is 33.5 Å². The van der Waals surface area contributed by atoms with Crippen molar-refractivity contribution in [2.24, 2.45) is 0 Å². The van der Waals surface area contributed by atoms with Gasteiger partial charge in [0.05, 0.1) is 17.2 Å². The molecule has 0 amide bonds. The van der Waals surface area contributed by atoms with Crippen LogP contribution in [0.5, 0.6) is 0 Å². The van der Waals surface area contributed by atoms with E-state index in [2.05, 4.69) is 18.8 Å². The summed E-state index contributed by atoms with van der Waals surface area (Å²) < 4.78 is 0. The predicted octanol–water partition coefficient (Wildman–Crippen LogP) is 2.32. The first-order valence-corrected chi connectivity index (χ1v) is 6.84. The molecule has 1 aromatic heterocycles. The Labute approximate surface area is 105 Å². The molecule has 1 aromatic rings. The number of aliphatic carboxylic acids is 1. The smallest absolute Gasteiger partial charge is 0.317 e. The molecule has 17 heavy (non-hydrogen) atoms. The molecule has 1 fully saturated rings. The van der Waals surface area contributed by atoms with Crippen LogP contribution in [0.3, 0.4) is 0 Å². The second-order valence-corrected chi connectivity index (χ2v) is 5.75. The van der Waals surface area contributed by atoms with Crippen LogP contribution >= 0.6 is 11.3 Å². The maximum absolute atomic E-state index is 10.8. The molecule has 94 valence electrons. The number of hydrogen-bond acceptors (Lipinski definition) is 4. The van der Waals surface area contributed by atoms with E-state index in [1.54, 1.807) is 11.3 Å². The number of carbonyl (C=O) groups is 1. The molecular weight excluding hydrogens is 236 g/mol. The first kappa shape index (κ1) is 12.5. The molecule has 1 aliphatic rings. The lowest BCUT2D eigenvalue weighted by Crippen LogP contribution is -2.31. The van der Waals surface area contributed by atoms with E-state index in [1.165, 1.54) is 0 Å². The summed E-state index contributed by atoms with van der Waals surface area (Å²) in [5, 5.41) is 12.1. The third-order valence-corrected chi connectivity index (χ3v) is 4.02. The van der Waals surface area contributed by atoms with Gasteiger partial charge in [-0.25, -0.2) is 4.98 Å². The SMILES string of the molecule is CC(C)c1nc(CN(CC(=O)O)C2CC2)cs1. The van der Waals surface area contributed by atoms with Crippen LogP contribution in [0.1, 0.15) is 43.3 Å². The lowest BCUT2D eigenvalue weighted by Gasteiger charge is -2.18. The van der Waals surface area contributed by atoms with Crippen LogP contribution in [0.2, 0.25) is 0 Å². The van der Waals surface area contributed by atoms with Gasteiger partial charge in [0.15, 0.2) is 0 Å². The molecule has 0 atom stereocenters. The highest BCUT2D eigenvalue weighted by atomic mass is 32.1. The molecule has 0 spiro atoms. The molecule has 0 aromatic carbocycles. The first-order valence-electron chi connectivity index (χ1n) is 5.96. The Morgan fingerprint density at radius 3 is 2.82 bits per heavy atom. The summed E-state index contributed by atoms with van der Waals surface area (Å²) in [6.45, 7) is 5.04. The molecule has 1 heterocycles. The van der Waals surface area contributed by atoms with E-state index in [-0.39, 0.29) is 6.54 Å². The molecule has 0 radical (unpaired) electrons. The molecule has 2 rings (SSSR count). The van der Waals surface area contributed by atoms with E-state index in [4.69, 9.17) is 5.11 Å². The van der Waals surface area contributed by atoms with Crippen molar-refractivity contribution < 1.29 is 9.90 Å². The van der Waals surface area contributed by atoms with Gasteiger partial charge in [-0.3, -0.25) is 9.69 Å². The summed E-state index contributed by atoms with van der Waals surface area (Å²) in [5.74, 6) is -0.307. The van der Waals surface area contributed by atoms with E-state index >= 15 is 0 Å². The van der Waals surface area contributed by atoms with Crippen molar-refractivity contribution in [1.29, 1.82) is 0 Å². The van der Waals surface area contributed by atoms with Crippen LogP contribution in [0.15, 0.2) is 5.38 Å². The minimum absolute atomic E-state index is 0.124. The Morgan fingerprint density at radius 1 is 1.65 bits per heavy atom. The van der Waals surface area contributed by atoms with E-state index in [9.17, 15) is 4.79 Å². The Balaban J connectivity index is 1.98. The number of thiazole rings is 1. The molecule has 0 bridgehead atoms. The highest BCUT2D eigenvalue weighted by Crippen LogP contribution is 2.28. The molecule has 5 heteroatoms. The minimum Gasteiger partial charge on any atom is -0.480 e. The average Bonchev–Trinajstić information content (AvgIpc) is 2.97. The van der Waals surface area contributed by atoms with Gasteiger partial charge in [0.2, 0.25) is 0 Å². The van der Waals surface area contributed by atoms with Gasteiger partial charge in [-0.2, -0.15) is 0 Å². The van der Waals surface area contributed by atoms with E-state index in [0.717, 1.165) is 23.5 Å². The van der Waals surface area contributed by atoms with Gasteiger partial charge in [0, 0.05) is 23.9 Å². The number of hydrogen-bond donors (Lipinski definition) is 1. The van der Waals surface area contributed by atoms with Gasteiger partial charge in [-0.05, 0) is 12.8 Å². The summed E-state index contributed by atoms with van der Waals surface area (Å²) in [6.07, 6.45) is 2.24. The molecule has 0 aliphatic heterocycles. The molecule has 1 N–H and O–H groups in total. The Kier molecular flexibility index (Phi) is 3.79.